The Balaban J connectivity index is -0.0000000933. The van der Waals surface area contributed by atoms with Gasteiger partial charge in [-0.3, -0.25) is 0 Å². The van der Waals surface area contributed by atoms with Gasteiger partial charge in [0.1, 0.15) is 12.2 Å². The molecule has 0 spiro atoms. The third-order valence-electron chi connectivity index (χ3n) is 1.39. The van der Waals surface area contributed by atoms with E-state index in [1.807, 2.05) is 0 Å². The maximum Gasteiger partial charge on any atom is 1.00 e. The average Bonchev–Trinajstić information content (AvgIpc) is 2.15. The van der Waals surface area contributed by atoms with Crippen LogP contribution in [0, 0.1) is 0 Å². The van der Waals surface area contributed by atoms with Crippen molar-refractivity contribution in [3.63, 3.8) is 0 Å². The minimum Gasteiger partial charge on any atom is -0.550 e. The van der Waals surface area contributed by atoms with Gasteiger partial charge in [-0.05, 0) is 0 Å². The van der Waals surface area contributed by atoms with Gasteiger partial charge in [0.15, 0.2) is 0 Å². The van der Waals surface area contributed by atoms with E-state index in [9.17, 15) is 29.7 Å². The molecule has 21 heavy (non-hydrogen) atoms. The predicted octanol–water partition coefficient (Wildman–Crippen LogP) is -15.2. The number of carbonyl (C=O) groups is 4. The van der Waals surface area contributed by atoms with Crippen molar-refractivity contribution in [1.29, 1.82) is 0 Å². The summed E-state index contributed by atoms with van der Waals surface area (Å²) < 4.78 is 0. The Morgan fingerprint density at radius 1 is 0.857 bits per heavy atom. The van der Waals surface area contributed by atoms with Gasteiger partial charge in [-0.1, -0.05) is 0 Å². The molecule has 104 valence electrons. The van der Waals surface area contributed by atoms with Gasteiger partial charge in [-0.2, -0.15) is 0 Å². The van der Waals surface area contributed by atoms with E-state index in [0.717, 1.165) is 0 Å². The predicted molar refractivity (Wildman–Crippen MR) is 43.9 cm³/mol. The number of aliphatic hydroxyl groups is 2. The maximum absolute atomic E-state index is 10.1. The van der Waals surface area contributed by atoms with Crippen molar-refractivity contribution in [3.05, 3.63) is 0 Å². The molecule has 0 amide bonds. The van der Waals surface area contributed by atoms with E-state index in [2.05, 4.69) is 0 Å². The second kappa shape index (κ2) is 17.2. The van der Waals surface area contributed by atoms with Crippen LogP contribution in [-0.4, -0.2) is 51.4 Å². The fourth-order valence-electron chi connectivity index (χ4n) is 0.684. The molecule has 3 N–H and O–H groups in total. The summed E-state index contributed by atoms with van der Waals surface area (Å²) in [6.07, 6.45) is -2.72. The number of carboxylic acid groups (broad SMARTS) is 4. The summed E-state index contributed by atoms with van der Waals surface area (Å²) in [5.74, 6) is -7.17. The van der Waals surface area contributed by atoms with Crippen LogP contribution in [0.4, 0.5) is 0 Å². The van der Waals surface area contributed by atoms with E-state index in [4.69, 9.17) is 20.1 Å². The zero-order valence-electron chi connectivity index (χ0n) is 11.8. The molecule has 0 aliphatic carbocycles. The molecule has 0 heterocycles. The molecular weight excluding hydrogens is 325 g/mol. The molecule has 0 radical (unpaired) electrons. The average molecular weight is 334 g/mol. The summed E-state index contributed by atoms with van der Waals surface area (Å²) in [4.78, 5) is 39.1. The number of hydrogen-bond donors (Lipinski definition) is 3. The van der Waals surface area contributed by atoms with Crippen molar-refractivity contribution in [2.24, 2.45) is 0 Å². The Hall–Kier alpha value is 0.800. The second-order valence-electron chi connectivity index (χ2n) is 2.97. The van der Waals surface area contributed by atoms with Crippen molar-refractivity contribution in [2.75, 3.05) is 6.61 Å². The van der Waals surface area contributed by atoms with Crippen LogP contribution in [0.5, 0.6) is 0 Å². The Morgan fingerprint density at radius 3 is 1.19 bits per heavy atom. The van der Waals surface area contributed by atoms with Gasteiger partial charge >= 0.3 is 94.6 Å². The van der Waals surface area contributed by atoms with Crippen LogP contribution in [0.1, 0.15) is 12.8 Å². The topological polar surface area (TPSA) is 198 Å². The normalized spacial score (nSPS) is 8.48. The second-order valence-corrected chi connectivity index (χ2v) is 2.97. The summed E-state index contributed by atoms with van der Waals surface area (Å²) in [6, 6.07) is 0. The molecule has 0 aliphatic heterocycles. The maximum atomic E-state index is 10.1. The standard InChI is InChI=1S/C6H8O7.C2H4O3.3Na/c7-3(8)1-6(13,5(11)12)2-4(9)10;3-1-2(4)5;;;/h13H,1-2H2,(H,7,8)(H,9,10)(H,11,12);3H,1H2,(H,4,5);;;/q;;3*+1/p-3. The number of aliphatic carboxylic acids is 4. The zero-order chi connectivity index (χ0) is 14.9. The number of rotatable bonds is 6. The number of aliphatic hydroxyl groups excluding tert-OH is 1. The third kappa shape index (κ3) is 20.8. The van der Waals surface area contributed by atoms with E-state index in [1.54, 1.807) is 0 Å². The fourth-order valence-corrected chi connectivity index (χ4v) is 0.684. The Bertz CT molecular complexity index is 329. The molecule has 0 fully saturated rings. The molecular formula is C8H9Na3O10. The fraction of sp³-hybridized carbons (Fsp3) is 0.500. The minimum atomic E-state index is -2.97. The van der Waals surface area contributed by atoms with Gasteiger partial charge < -0.3 is 45.0 Å². The first-order valence-electron chi connectivity index (χ1n) is 4.21. The summed E-state index contributed by atoms with van der Waals surface area (Å²) in [5, 5.41) is 53.9. The number of carbonyl (C=O) groups excluding carboxylic acids is 3. The Morgan fingerprint density at radius 2 is 1.10 bits per heavy atom. The Kier molecular flexibility index (Phi) is 27.3. The summed E-state index contributed by atoms with van der Waals surface area (Å²) >= 11 is 0. The van der Waals surface area contributed by atoms with Gasteiger partial charge in [-0.25, -0.2) is 4.79 Å². The van der Waals surface area contributed by atoms with E-state index in [0.29, 0.717) is 0 Å². The molecule has 0 saturated heterocycles. The smallest absolute Gasteiger partial charge is 0.550 e. The molecule has 0 aromatic carbocycles. The van der Waals surface area contributed by atoms with Crippen LogP contribution >= 0.6 is 0 Å². The van der Waals surface area contributed by atoms with Gasteiger partial charge in [0.05, 0.1) is 5.97 Å². The van der Waals surface area contributed by atoms with E-state index >= 15 is 0 Å². The van der Waals surface area contributed by atoms with Crippen molar-refractivity contribution >= 4 is 23.9 Å². The van der Waals surface area contributed by atoms with Gasteiger partial charge in [0.25, 0.3) is 0 Å². The molecule has 0 aromatic rings. The van der Waals surface area contributed by atoms with E-state index < -0.39 is 48.9 Å². The number of carboxylic acids is 4. The van der Waals surface area contributed by atoms with Crippen LogP contribution in [0.2, 0.25) is 0 Å². The van der Waals surface area contributed by atoms with Gasteiger partial charge in [-0.15, -0.1) is 0 Å². The first-order valence-corrected chi connectivity index (χ1v) is 4.21. The van der Waals surface area contributed by atoms with Crippen molar-refractivity contribution in [2.45, 2.75) is 18.4 Å². The minimum absolute atomic E-state index is 0. The molecule has 13 heteroatoms. The van der Waals surface area contributed by atoms with Gasteiger partial charge in [0.2, 0.25) is 0 Å². The van der Waals surface area contributed by atoms with Gasteiger partial charge in [0, 0.05) is 24.8 Å². The summed E-state index contributed by atoms with van der Waals surface area (Å²) in [6.45, 7) is -0.778. The molecule has 0 aliphatic rings. The summed E-state index contributed by atoms with van der Waals surface area (Å²) in [7, 11) is 0. The number of hydrogen-bond acceptors (Lipinski definition) is 9. The van der Waals surface area contributed by atoms with Crippen molar-refractivity contribution < 1.29 is 138 Å². The zero-order valence-corrected chi connectivity index (χ0v) is 17.8. The van der Waals surface area contributed by atoms with Crippen LogP contribution < -0.4 is 104 Å². The van der Waals surface area contributed by atoms with E-state index in [1.165, 1.54) is 0 Å². The van der Waals surface area contributed by atoms with Crippen LogP contribution in [0.25, 0.3) is 0 Å². The first-order chi connectivity index (χ1) is 8.05. The SMILES string of the molecule is O=C(O)CO.O=C([O-])CC(O)(CC(=O)[O-])C(=O)[O-].[Na+].[Na+].[Na+]. The quantitative estimate of drug-likeness (QED) is 0.392. The first kappa shape index (κ1) is 33.4. The van der Waals surface area contributed by atoms with Crippen molar-refractivity contribution in [1.82, 2.24) is 0 Å². The van der Waals surface area contributed by atoms with E-state index in [-0.39, 0.29) is 88.7 Å². The summed E-state index contributed by atoms with van der Waals surface area (Å²) in [5.41, 5.74) is -2.97. The Labute approximate surface area is 185 Å². The molecule has 0 rings (SSSR count). The molecule has 0 aromatic heterocycles. The molecule has 0 atom stereocenters. The molecule has 10 nitrogen and oxygen atoms in total. The van der Waals surface area contributed by atoms with Crippen LogP contribution in [-0.2, 0) is 19.2 Å². The van der Waals surface area contributed by atoms with Crippen molar-refractivity contribution in [3.8, 4) is 0 Å². The van der Waals surface area contributed by atoms with Crippen LogP contribution in [0.3, 0.4) is 0 Å². The third-order valence-corrected chi connectivity index (χ3v) is 1.39. The largest absolute Gasteiger partial charge is 1.00 e. The monoisotopic (exact) mass is 334 g/mol. The van der Waals surface area contributed by atoms with Crippen LogP contribution in [0.15, 0.2) is 0 Å². The molecule has 0 saturated carbocycles. The molecule has 0 bridgehead atoms. The molecule has 0 unspecified atom stereocenters.